The molecule has 3 rings (SSSR count). The number of amides is 1. The first-order valence-electron chi connectivity index (χ1n) is 7.42. The second kappa shape index (κ2) is 6.76. The molecule has 2 aromatic heterocycles. The van der Waals surface area contributed by atoms with Crippen LogP contribution in [0.3, 0.4) is 0 Å². The molecule has 2 N–H and O–H groups in total. The van der Waals surface area contributed by atoms with E-state index in [0.717, 1.165) is 0 Å². The number of nitrogens with zero attached hydrogens (tertiary/aromatic N) is 4. The molecular weight excluding hydrogens is 318 g/mol. The number of Topliss-reactive ketones (excluding diaryl/α,β-unsaturated/α-hetero) is 1. The van der Waals surface area contributed by atoms with Gasteiger partial charge in [0.25, 0.3) is 5.91 Å². The average Bonchev–Trinajstić information content (AvgIpc) is 3.10. The number of hydrogen-bond acceptors (Lipinski definition) is 5. The number of aromatic nitrogens is 3. The Balaban J connectivity index is 2.05. The maximum Gasteiger partial charge on any atom is 0.267 e. The topological polar surface area (TPSA) is 115 Å². The molecule has 0 saturated carbocycles. The molecule has 1 aromatic carbocycles. The Bertz CT molecular complexity index is 958. The Hall–Kier alpha value is -3.79. The van der Waals surface area contributed by atoms with E-state index < -0.39 is 17.6 Å². The van der Waals surface area contributed by atoms with Gasteiger partial charge >= 0.3 is 0 Å². The van der Waals surface area contributed by atoms with Gasteiger partial charge in [0.1, 0.15) is 11.4 Å². The van der Waals surface area contributed by atoms with E-state index in [0.29, 0.717) is 11.4 Å². The summed E-state index contributed by atoms with van der Waals surface area (Å²) in [5.41, 5.74) is 6.35. The number of hydrogen-bond donors (Lipinski definition) is 1. The van der Waals surface area contributed by atoms with Gasteiger partial charge in [0.2, 0.25) is 5.78 Å². The van der Waals surface area contributed by atoms with Crippen LogP contribution in [-0.4, -0.2) is 26.5 Å². The Kier molecular flexibility index (Phi) is 4.35. The second-order valence-corrected chi connectivity index (χ2v) is 5.21. The zero-order valence-corrected chi connectivity index (χ0v) is 13.0. The second-order valence-electron chi connectivity index (χ2n) is 5.21. The predicted octanol–water partition coefficient (Wildman–Crippen LogP) is 1.86. The summed E-state index contributed by atoms with van der Waals surface area (Å²) in [6, 6.07) is 17.0. The van der Waals surface area contributed by atoms with Crippen LogP contribution in [0.4, 0.5) is 0 Å². The van der Waals surface area contributed by atoms with Crippen LogP contribution in [0.1, 0.15) is 32.6 Å². The van der Waals surface area contributed by atoms with Crippen molar-refractivity contribution < 1.29 is 9.59 Å². The zero-order valence-electron chi connectivity index (χ0n) is 13.0. The number of carbonyl (C=O) groups is 2. The largest absolute Gasteiger partial charge is 0.364 e. The molecule has 3 aromatic rings. The van der Waals surface area contributed by atoms with E-state index in [1.54, 1.807) is 42.5 Å². The number of pyridine rings is 1. The lowest BCUT2D eigenvalue weighted by Gasteiger charge is -2.05. The maximum atomic E-state index is 12.7. The van der Waals surface area contributed by atoms with Crippen LogP contribution in [0, 0.1) is 11.3 Å². The van der Waals surface area contributed by atoms with Crippen molar-refractivity contribution in [2.24, 2.45) is 5.73 Å². The third-order valence-corrected chi connectivity index (χ3v) is 3.59. The Morgan fingerprint density at radius 1 is 1.12 bits per heavy atom. The van der Waals surface area contributed by atoms with Gasteiger partial charge in [-0.3, -0.25) is 14.6 Å². The monoisotopic (exact) mass is 331 g/mol. The van der Waals surface area contributed by atoms with Gasteiger partial charge in [-0.15, -0.1) is 0 Å². The maximum absolute atomic E-state index is 12.7. The van der Waals surface area contributed by atoms with Gasteiger partial charge in [-0.1, -0.05) is 24.3 Å². The molecule has 0 spiro atoms. The lowest BCUT2D eigenvalue weighted by molar-refractivity contribution is 0.0970. The van der Waals surface area contributed by atoms with E-state index in [9.17, 15) is 14.9 Å². The summed E-state index contributed by atoms with van der Waals surface area (Å²) in [6.07, 6.45) is 1.50. The molecule has 0 aliphatic carbocycles. The fraction of sp³-hybridized carbons (Fsp3) is 0.0556. The van der Waals surface area contributed by atoms with E-state index in [1.807, 2.05) is 12.1 Å². The quantitative estimate of drug-likeness (QED) is 0.717. The molecule has 0 saturated heterocycles. The highest BCUT2D eigenvalue weighted by Crippen LogP contribution is 2.20. The first kappa shape index (κ1) is 16.1. The standard InChI is InChI=1S/C18H13N5O2/c19-11-13(14-8-4-5-9-21-14)17(24)15-10-16(18(20)25)23(22-15)12-6-2-1-3-7-12/h1-10,13H,(H2,20,25)/t13-/m1/s1. The van der Waals surface area contributed by atoms with Crippen molar-refractivity contribution in [2.45, 2.75) is 5.92 Å². The van der Waals surface area contributed by atoms with Gasteiger partial charge in [-0.2, -0.15) is 10.4 Å². The highest BCUT2D eigenvalue weighted by atomic mass is 16.1. The molecule has 7 nitrogen and oxygen atoms in total. The Morgan fingerprint density at radius 3 is 2.44 bits per heavy atom. The first-order valence-corrected chi connectivity index (χ1v) is 7.42. The van der Waals surface area contributed by atoms with Crippen molar-refractivity contribution in [2.75, 3.05) is 0 Å². The van der Waals surface area contributed by atoms with Gasteiger partial charge in [0.05, 0.1) is 17.5 Å². The van der Waals surface area contributed by atoms with Crippen molar-refractivity contribution in [3.63, 3.8) is 0 Å². The fourth-order valence-corrected chi connectivity index (χ4v) is 2.40. The summed E-state index contributed by atoms with van der Waals surface area (Å²) >= 11 is 0. The minimum Gasteiger partial charge on any atom is -0.364 e. The molecule has 7 heteroatoms. The van der Waals surface area contributed by atoms with Crippen LogP contribution >= 0.6 is 0 Å². The SMILES string of the molecule is N#C[C@@H](C(=O)c1cc(C(N)=O)n(-c2ccccc2)n1)c1ccccn1. The van der Waals surface area contributed by atoms with Gasteiger partial charge in [-0.05, 0) is 24.3 Å². The fourth-order valence-electron chi connectivity index (χ4n) is 2.40. The van der Waals surface area contributed by atoms with E-state index in [2.05, 4.69) is 10.1 Å². The first-order chi connectivity index (χ1) is 12.1. The van der Waals surface area contributed by atoms with Crippen molar-refractivity contribution in [1.29, 1.82) is 5.26 Å². The summed E-state index contributed by atoms with van der Waals surface area (Å²) in [6.45, 7) is 0. The highest BCUT2D eigenvalue weighted by molar-refractivity contribution is 6.03. The van der Waals surface area contributed by atoms with Crippen LogP contribution in [0.5, 0.6) is 0 Å². The van der Waals surface area contributed by atoms with Gasteiger partial charge in [-0.25, -0.2) is 4.68 Å². The number of nitriles is 1. The Labute approximate surface area is 143 Å². The number of primary amides is 1. The molecule has 0 fully saturated rings. The summed E-state index contributed by atoms with van der Waals surface area (Å²) in [7, 11) is 0. The van der Waals surface area contributed by atoms with E-state index in [-0.39, 0.29) is 11.4 Å². The number of nitrogens with two attached hydrogens (primary N) is 1. The number of ketones is 1. The minimum atomic E-state index is -1.11. The summed E-state index contributed by atoms with van der Waals surface area (Å²) in [5.74, 6) is -2.37. The molecule has 0 unspecified atom stereocenters. The van der Waals surface area contributed by atoms with E-state index >= 15 is 0 Å². The van der Waals surface area contributed by atoms with Gasteiger partial charge in [0, 0.05) is 12.3 Å². The highest BCUT2D eigenvalue weighted by Gasteiger charge is 2.27. The summed E-state index contributed by atoms with van der Waals surface area (Å²) < 4.78 is 1.29. The summed E-state index contributed by atoms with van der Waals surface area (Å²) in [5, 5.41) is 13.6. The zero-order chi connectivity index (χ0) is 17.8. The normalized spacial score (nSPS) is 11.5. The van der Waals surface area contributed by atoms with Gasteiger partial charge in [0.15, 0.2) is 5.92 Å². The van der Waals surface area contributed by atoms with E-state index in [4.69, 9.17) is 5.73 Å². The van der Waals surface area contributed by atoms with Crippen molar-refractivity contribution in [3.8, 4) is 11.8 Å². The van der Waals surface area contributed by atoms with Crippen LogP contribution in [0.15, 0.2) is 60.8 Å². The number of rotatable bonds is 5. The van der Waals surface area contributed by atoms with Crippen LogP contribution in [0.2, 0.25) is 0 Å². The molecule has 25 heavy (non-hydrogen) atoms. The Morgan fingerprint density at radius 2 is 1.84 bits per heavy atom. The molecule has 1 amide bonds. The van der Waals surface area contributed by atoms with Crippen LogP contribution in [0.25, 0.3) is 5.69 Å². The predicted molar refractivity (Wildman–Crippen MR) is 89.0 cm³/mol. The third-order valence-electron chi connectivity index (χ3n) is 3.59. The molecule has 1 atom stereocenters. The molecule has 122 valence electrons. The van der Waals surface area contributed by atoms with Crippen LogP contribution < -0.4 is 5.73 Å². The molecule has 0 radical (unpaired) electrons. The third kappa shape index (κ3) is 3.14. The molecule has 0 aliphatic rings. The van der Waals surface area contributed by atoms with Crippen molar-refractivity contribution in [1.82, 2.24) is 14.8 Å². The molecular formula is C18H13N5O2. The molecule has 2 heterocycles. The van der Waals surface area contributed by atoms with Crippen molar-refractivity contribution >= 4 is 11.7 Å². The van der Waals surface area contributed by atoms with Gasteiger partial charge < -0.3 is 5.73 Å². The lowest BCUT2D eigenvalue weighted by atomic mass is 9.99. The number of carbonyl (C=O) groups excluding carboxylic acids is 2. The van der Waals surface area contributed by atoms with E-state index in [1.165, 1.54) is 16.9 Å². The average molecular weight is 331 g/mol. The smallest absolute Gasteiger partial charge is 0.267 e. The lowest BCUT2D eigenvalue weighted by Crippen LogP contribution is -2.16. The summed E-state index contributed by atoms with van der Waals surface area (Å²) in [4.78, 5) is 28.5. The van der Waals surface area contributed by atoms with Crippen LogP contribution in [-0.2, 0) is 0 Å². The molecule has 0 aliphatic heterocycles. The molecule has 0 bridgehead atoms. The number of benzene rings is 1. The number of para-hydroxylation sites is 1. The minimum absolute atomic E-state index is 0.0187. The van der Waals surface area contributed by atoms with Crippen molar-refractivity contribution in [3.05, 3.63) is 77.9 Å².